The van der Waals surface area contributed by atoms with Gasteiger partial charge in [0.15, 0.2) is 0 Å². The van der Waals surface area contributed by atoms with Gasteiger partial charge in [-0.2, -0.15) is 0 Å². The van der Waals surface area contributed by atoms with Crippen LogP contribution in [-0.4, -0.2) is 42.1 Å². The Balaban J connectivity index is 1.91. The molecule has 2 heterocycles. The molecule has 0 spiro atoms. The number of aromatic nitrogens is 1. The van der Waals surface area contributed by atoms with Crippen LogP contribution in [0.1, 0.15) is 5.69 Å². The van der Waals surface area contributed by atoms with Gasteiger partial charge >= 0.3 is 0 Å². The maximum atomic E-state index is 11.8. The van der Waals surface area contributed by atoms with Crippen molar-refractivity contribution in [2.75, 3.05) is 26.3 Å². The van der Waals surface area contributed by atoms with E-state index in [1.165, 1.54) is 0 Å². The summed E-state index contributed by atoms with van der Waals surface area (Å²) in [6, 6.07) is 5.62. The van der Waals surface area contributed by atoms with Crippen molar-refractivity contribution in [1.82, 2.24) is 9.88 Å². The van der Waals surface area contributed by atoms with Gasteiger partial charge in [-0.1, -0.05) is 6.07 Å². The minimum atomic E-state index is 0.136. The standard InChI is InChI=1S/C11H14N2O2/c14-11(13-5-7-15-8-6-13)9-10-3-1-2-4-12-10/h1-4H,5-9H2. The van der Waals surface area contributed by atoms with Crippen LogP contribution in [-0.2, 0) is 16.0 Å². The average Bonchev–Trinajstić information content (AvgIpc) is 2.31. The minimum Gasteiger partial charge on any atom is -0.378 e. The first-order chi connectivity index (χ1) is 7.36. The summed E-state index contributed by atoms with van der Waals surface area (Å²) in [6.45, 7) is 2.69. The predicted molar refractivity (Wildman–Crippen MR) is 55.3 cm³/mol. The lowest BCUT2D eigenvalue weighted by Gasteiger charge is -2.26. The maximum absolute atomic E-state index is 11.8. The summed E-state index contributed by atoms with van der Waals surface area (Å²) in [5, 5.41) is 0. The molecule has 1 aromatic heterocycles. The Labute approximate surface area is 88.9 Å². The van der Waals surface area contributed by atoms with E-state index < -0.39 is 0 Å². The van der Waals surface area contributed by atoms with E-state index in [-0.39, 0.29) is 5.91 Å². The van der Waals surface area contributed by atoms with Gasteiger partial charge in [-0.05, 0) is 12.1 Å². The van der Waals surface area contributed by atoms with Crippen molar-refractivity contribution in [3.05, 3.63) is 30.1 Å². The van der Waals surface area contributed by atoms with Crippen molar-refractivity contribution < 1.29 is 9.53 Å². The highest BCUT2D eigenvalue weighted by Gasteiger charge is 2.16. The van der Waals surface area contributed by atoms with Gasteiger partial charge in [-0.3, -0.25) is 9.78 Å². The number of hydrogen-bond acceptors (Lipinski definition) is 3. The first kappa shape index (κ1) is 10.1. The minimum absolute atomic E-state index is 0.136. The topological polar surface area (TPSA) is 42.4 Å². The second-order valence-corrected chi connectivity index (χ2v) is 3.49. The summed E-state index contributed by atoms with van der Waals surface area (Å²) in [5.74, 6) is 0.136. The molecule has 1 aliphatic rings. The van der Waals surface area contributed by atoms with Crippen molar-refractivity contribution >= 4 is 5.91 Å². The monoisotopic (exact) mass is 206 g/mol. The number of carbonyl (C=O) groups excluding carboxylic acids is 1. The summed E-state index contributed by atoms with van der Waals surface area (Å²) < 4.78 is 5.19. The van der Waals surface area contributed by atoms with Gasteiger partial charge in [-0.15, -0.1) is 0 Å². The lowest BCUT2D eigenvalue weighted by atomic mass is 10.2. The van der Waals surface area contributed by atoms with Crippen LogP contribution in [0.3, 0.4) is 0 Å². The van der Waals surface area contributed by atoms with Crippen LogP contribution in [0.25, 0.3) is 0 Å². The van der Waals surface area contributed by atoms with E-state index in [4.69, 9.17) is 4.74 Å². The first-order valence-corrected chi connectivity index (χ1v) is 5.12. The highest BCUT2D eigenvalue weighted by molar-refractivity contribution is 5.78. The molecule has 0 atom stereocenters. The molecular formula is C11H14N2O2. The SMILES string of the molecule is O=C(Cc1ccccn1)N1CCOCC1. The average molecular weight is 206 g/mol. The quantitative estimate of drug-likeness (QED) is 0.707. The molecule has 0 unspecified atom stereocenters. The molecule has 0 saturated carbocycles. The third-order valence-corrected chi connectivity index (χ3v) is 2.42. The number of ether oxygens (including phenoxy) is 1. The van der Waals surface area contributed by atoms with Crippen molar-refractivity contribution in [2.24, 2.45) is 0 Å². The third-order valence-electron chi connectivity index (χ3n) is 2.42. The Morgan fingerprint density at radius 2 is 2.20 bits per heavy atom. The van der Waals surface area contributed by atoms with Crippen LogP contribution in [0.5, 0.6) is 0 Å². The fourth-order valence-electron chi connectivity index (χ4n) is 1.58. The van der Waals surface area contributed by atoms with Crippen LogP contribution >= 0.6 is 0 Å². The molecule has 0 N–H and O–H groups in total. The van der Waals surface area contributed by atoms with Crippen LogP contribution in [0, 0.1) is 0 Å². The molecule has 1 amide bonds. The maximum Gasteiger partial charge on any atom is 0.228 e. The van der Waals surface area contributed by atoms with Crippen LogP contribution < -0.4 is 0 Å². The van der Waals surface area contributed by atoms with Gasteiger partial charge in [-0.25, -0.2) is 0 Å². The Bertz CT molecular complexity index is 321. The highest BCUT2D eigenvalue weighted by atomic mass is 16.5. The highest BCUT2D eigenvalue weighted by Crippen LogP contribution is 2.02. The molecule has 4 heteroatoms. The molecule has 0 radical (unpaired) electrons. The van der Waals surface area contributed by atoms with Gasteiger partial charge in [0.25, 0.3) is 0 Å². The van der Waals surface area contributed by atoms with Gasteiger partial charge < -0.3 is 9.64 Å². The zero-order valence-corrected chi connectivity index (χ0v) is 8.56. The fourth-order valence-corrected chi connectivity index (χ4v) is 1.58. The van der Waals surface area contributed by atoms with Gasteiger partial charge in [0, 0.05) is 25.0 Å². The molecule has 80 valence electrons. The number of morpholine rings is 1. The second-order valence-electron chi connectivity index (χ2n) is 3.49. The molecule has 2 rings (SSSR count). The molecule has 1 fully saturated rings. The number of pyridine rings is 1. The molecule has 1 aliphatic heterocycles. The predicted octanol–water partition coefficient (Wildman–Crippen LogP) is 0.483. The zero-order valence-electron chi connectivity index (χ0n) is 8.56. The molecule has 1 aromatic rings. The number of hydrogen-bond donors (Lipinski definition) is 0. The van der Waals surface area contributed by atoms with Crippen LogP contribution in [0.4, 0.5) is 0 Å². The first-order valence-electron chi connectivity index (χ1n) is 5.12. The summed E-state index contributed by atoms with van der Waals surface area (Å²) >= 11 is 0. The summed E-state index contributed by atoms with van der Waals surface area (Å²) in [7, 11) is 0. The largest absolute Gasteiger partial charge is 0.378 e. The number of amides is 1. The molecular weight excluding hydrogens is 192 g/mol. The van der Waals surface area contributed by atoms with E-state index in [1.54, 1.807) is 6.20 Å². The smallest absolute Gasteiger partial charge is 0.228 e. The van der Waals surface area contributed by atoms with E-state index in [9.17, 15) is 4.79 Å². The van der Waals surface area contributed by atoms with Gasteiger partial charge in [0.2, 0.25) is 5.91 Å². The fraction of sp³-hybridized carbons (Fsp3) is 0.455. The molecule has 4 nitrogen and oxygen atoms in total. The Morgan fingerprint density at radius 3 is 2.87 bits per heavy atom. The lowest BCUT2D eigenvalue weighted by Crippen LogP contribution is -2.41. The van der Waals surface area contributed by atoms with Crippen LogP contribution in [0.2, 0.25) is 0 Å². The molecule has 15 heavy (non-hydrogen) atoms. The van der Waals surface area contributed by atoms with Crippen molar-refractivity contribution in [1.29, 1.82) is 0 Å². The zero-order chi connectivity index (χ0) is 10.5. The Morgan fingerprint density at radius 1 is 1.40 bits per heavy atom. The van der Waals surface area contributed by atoms with Crippen LogP contribution in [0.15, 0.2) is 24.4 Å². The van der Waals surface area contributed by atoms with Crippen molar-refractivity contribution in [3.8, 4) is 0 Å². The van der Waals surface area contributed by atoms with Gasteiger partial charge in [0.1, 0.15) is 0 Å². The number of nitrogens with zero attached hydrogens (tertiary/aromatic N) is 2. The third kappa shape index (κ3) is 2.76. The van der Waals surface area contributed by atoms with E-state index in [0.29, 0.717) is 32.7 Å². The second kappa shape index (κ2) is 4.89. The molecule has 1 saturated heterocycles. The van der Waals surface area contributed by atoms with Crippen molar-refractivity contribution in [2.45, 2.75) is 6.42 Å². The molecule has 0 aliphatic carbocycles. The lowest BCUT2D eigenvalue weighted by molar-refractivity contribution is -0.134. The Hall–Kier alpha value is -1.42. The molecule has 0 aromatic carbocycles. The number of carbonyl (C=O) groups is 1. The van der Waals surface area contributed by atoms with Crippen molar-refractivity contribution in [3.63, 3.8) is 0 Å². The van der Waals surface area contributed by atoms with Gasteiger partial charge in [0.05, 0.1) is 19.6 Å². The van der Waals surface area contributed by atoms with E-state index in [2.05, 4.69) is 4.98 Å². The van der Waals surface area contributed by atoms with E-state index in [1.807, 2.05) is 23.1 Å². The summed E-state index contributed by atoms with van der Waals surface area (Å²) in [6.07, 6.45) is 2.10. The summed E-state index contributed by atoms with van der Waals surface area (Å²) in [4.78, 5) is 17.8. The van der Waals surface area contributed by atoms with E-state index >= 15 is 0 Å². The number of rotatable bonds is 2. The summed E-state index contributed by atoms with van der Waals surface area (Å²) in [5.41, 5.74) is 0.828. The van der Waals surface area contributed by atoms with E-state index in [0.717, 1.165) is 5.69 Å². The normalized spacial score (nSPS) is 16.4. The Kier molecular flexibility index (Phi) is 3.29. The molecule has 0 bridgehead atoms.